The van der Waals surface area contributed by atoms with Crippen molar-refractivity contribution in [2.24, 2.45) is 11.7 Å². The second kappa shape index (κ2) is 5.87. The maximum atomic E-state index is 11.3. The van der Waals surface area contributed by atoms with E-state index in [1.807, 2.05) is 12.1 Å². The van der Waals surface area contributed by atoms with Gasteiger partial charge in [-0.25, -0.2) is 4.79 Å². The van der Waals surface area contributed by atoms with Crippen LogP contribution in [0.2, 0.25) is 0 Å². The van der Waals surface area contributed by atoms with Crippen LogP contribution in [0.3, 0.4) is 0 Å². The second-order valence-corrected chi connectivity index (χ2v) is 4.75. The Bertz CT molecular complexity index is 403. The third-order valence-electron chi connectivity index (χ3n) is 3.62. The van der Waals surface area contributed by atoms with Crippen molar-refractivity contribution in [3.8, 4) is 0 Å². The Labute approximate surface area is 108 Å². The van der Waals surface area contributed by atoms with E-state index in [2.05, 4.69) is 10.1 Å². The summed E-state index contributed by atoms with van der Waals surface area (Å²) in [5, 5.41) is 3.49. The molecule has 1 aliphatic carbocycles. The Hall–Kier alpha value is -1.55. The zero-order valence-electron chi connectivity index (χ0n) is 10.7. The zero-order valence-corrected chi connectivity index (χ0v) is 10.7. The molecule has 0 bridgehead atoms. The molecule has 18 heavy (non-hydrogen) atoms. The second-order valence-electron chi connectivity index (χ2n) is 4.75. The highest BCUT2D eigenvalue weighted by atomic mass is 16.5. The van der Waals surface area contributed by atoms with Gasteiger partial charge in [-0.3, -0.25) is 0 Å². The number of carbonyl (C=O) groups is 1. The molecule has 1 aromatic rings. The number of hydrogen-bond donors (Lipinski definition) is 2. The van der Waals surface area contributed by atoms with Crippen molar-refractivity contribution in [3.63, 3.8) is 0 Å². The normalized spacial score (nSPS) is 22.8. The Morgan fingerprint density at radius 1 is 1.39 bits per heavy atom. The van der Waals surface area contributed by atoms with Crippen molar-refractivity contribution in [2.75, 3.05) is 19.0 Å². The van der Waals surface area contributed by atoms with E-state index in [-0.39, 0.29) is 5.97 Å². The maximum absolute atomic E-state index is 11.3. The summed E-state index contributed by atoms with van der Waals surface area (Å²) < 4.78 is 4.67. The number of esters is 1. The van der Waals surface area contributed by atoms with Crippen LogP contribution in [0.25, 0.3) is 0 Å². The molecule has 4 nitrogen and oxygen atoms in total. The third kappa shape index (κ3) is 2.82. The van der Waals surface area contributed by atoms with E-state index in [0.717, 1.165) is 12.2 Å². The van der Waals surface area contributed by atoms with E-state index in [1.54, 1.807) is 12.1 Å². The molecule has 0 saturated heterocycles. The summed E-state index contributed by atoms with van der Waals surface area (Å²) in [5.74, 6) is 0.257. The Kier molecular flexibility index (Phi) is 4.20. The summed E-state index contributed by atoms with van der Waals surface area (Å²) in [5.41, 5.74) is 7.37. The largest absolute Gasteiger partial charge is 0.465 e. The highest BCUT2D eigenvalue weighted by Crippen LogP contribution is 2.27. The Morgan fingerprint density at radius 3 is 2.72 bits per heavy atom. The number of methoxy groups -OCH3 is 1. The molecule has 0 aromatic heterocycles. The van der Waals surface area contributed by atoms with Crippen LogP contribution < -0.4 is 11.1 Å². The van der Waals surface area contributed by atoms with E-state index in [4.69, 9.17) is 5.73 Å². The van der Waals surface area contributed by atoms with Crippen molar-refractivity contribution in [2.45, 2.75) is 25.3 Å². The molecule has 3 N–H and O–H groups in total. The number of carbonyl (C=O) groups excluding carboxylic acids is 1. The van der Waals surface area contributed by atoms with Crippen molar-refractivity contribution >= 4 is 11.7 Å². The van der Waals surface area contributed by atoms with Gasteiger partial charge < -0.3 is 15.8 Å². The average molecular weight is 248 g/mol. The molecule has 1 saturated carbocycles. The van der Waals surface area contributed by atoms with Gasteiger partial charge in [0, 0.05) is 11.7 Å². The number of nitrogens with one attached hydrogen (secondary N) is 1. The molecular formula is C14H20N2O2. The first kappa shape index (κ1) is 12.9. The molecule has 2 atom stereocenters. The highest BCUT2D eigenvalue weighted by molar-refractivity contribution is 5.89. The molecule has 4 heteroatoms. The number of nitrogens with two attached hydrogens (primary N) is 1. The minimum atomic E-state index is -0.303. The first-order valence-electron chi connectivity index (χ1n) is 6.39. The van der Waals surface area contributed by atoms with E-state index in [9.17, 15) is 4.79 Å². The lowest BCUT2D eigenvalue weighted by Crippen LogP contribution is -2.29. The van der Waals surface area contributed by atoms with Gasteiger partial charge in [0.15, 0.2) is 0 Å². The quantitative estimate of drug-likeness (QED) is 0.800. The van der Waals surface area contributed by atoms with Gasteiger partial charge >= 0.3 is 5.97 Å². The van der Waals surface area contributed by atoms with Crippen molar-refractivity contribution in [1.29, 1.82) is 0 Å². The van der Waals surface area contributed by atoms with Crippen LogP contribution in [0.15, 0.2) is 24.3 Å². The lowest BCUT2D eigenvalue weighted by molar-refractivity contribution is 0.0601. The van der Waals surface area contributed by atoms with Gasteiger partial charge in [0.05, 0.1) is 12.7 Å². The number of rotatable bonds is 4. The van der Waals surface area contributed by atoms with Crippen LogP contribution in [0.5, 0.6) is 0 Å². The van der Waals surface area contributed by atoms with Crippen molar-refractivity contribution in [3.05, 3.63) is 29.8 Å². The molecule has 1 aliphatic rings. The number of anilines is 1. The predicted octanol–water partition coefficient (Wildman–Crippen LogP) is 2.01. The highest BCUT2D eigenvalue weighted by Gasteiger charge is 2.25. The van der Waals surface area contributed by atoms with E-state index in [0.29, 0.717) is 17.5 Å². The third-order valence-corrected chi connectivity index (χ3v) is 3.62. The summed E-state index contributed by atoms with van der Waals surface area (Å²) >= 11 is 0. The van der Waals surface area contributed by atoms with E-state index < -0.39 is 0 Å². The van der Waals surface area contributed by atoms with Crippen LogP contribution in [-0.4, -0.2) is 25.7 Å². The molecule has 1 aromatic carbocycles. The van der Waals surface area contributed by atoms with Crippen LogP contribution in [0.1, 0.15) is 29.6 Å². The lowest BCUT2D eigenvalue weighted by atomic mass is 10.0. The molecule has 2 rings (SSSR count). The monoisotopic (exact) mass is 248 g/mol. The van der Waals surface area contributed by atoms with Crippen LogP contribution in [-0.2, 0) is 4.74 Å². The summed E-state index contributed by atoms with van der Waals surface area (Å²) in [6.45, 7) is 0.734. The molecule has 1 fully saturated rings. The standard InChI is InChI=1S/C14H20N2O2/c1-18-14(17)10-5-7-12(8-6-10)16-13-4-2-3-11(13)9-15/h5-8,11,13,16H,2-4,9,15H2,1H3. The smallest absolute Gasteiger partial charge is 0.337 e. The van der Waals surface area contributed by atoms with Crippen LogP contribution in [0.4, 0.5) is 5.69 Å². The fraction of sp³-hybridized carbons (Fsp3) is 0.500. The summed E-state index contributed by atoms with van der Waals surface area (Å²) in [4.78, 5) is 11.3. The van der Waals surface area contributed by atoms with Gasteiger partial charge in [-0.2, -0.15) is 0 Å². The number of hydrogen-bond acceptors (Lipinski definition) is 4. The lowest BCUT2D eigenvalue weighted by Gasteiger charge is -2.20. The molecule has 98 valence electrons. The molecule has 0 heterocycles. The SMILES string of the molecule is COC(=O)c1ccc(NC2CCCC2CN)cc1. The van der Waals surface area contributed by atoms with E-state index in [1.165, 1.54) is 26.4 Å². The number of ether oxygens (including phenoxy) is 1. The predicted molar refractivity (Wildman–Crippen MR) is 71.6 cm³/mol. The topological polar surface area (TPSA) is 64.3 Å². The van der Waals surface area contributed by atoms with Crippen LogP contribution >= 0.6 is 0 Å². The van der Waals surface area contributed by atoms with Gasteiger partial charge in [-0.05, 0) is 49.6 Å². The summed E-state index contributed by atoms with van der Waals surface area (Å²) in [6, 6.07) is 7.84. The van der Waals surface area contributed by atoms with E-state index >= 15 is 0 Å². The fourth-order valence-electron chi connectivity index (χ4n) is 2.54. The molecular weight excluding hydrogens is 228 g/mol. The fourth-order valence-corrected chi connectivity index (χ4v) is 2.54. The van der Waals surface area contributed by atoms with Gasteiger partial charge in [0.25, 0.3) is 0 Å². The van der Waals surface area contributed by atoms with Gasteiger partial charge in [0.2, 0.25) is 0 Å². The molecule has 2 unspecified atom stereocenters. The molecule has 0 aliphatic heterocycles. The van der Waals surface area contributed by atoms with Crippen molar-refractivity contribution < 1.29 is 9.53 Å². The average Bonchev–Trinajstić information content (AvgIpc) is 2.86. The van der Waals surface area contributed by atoms with Gasteiger partial charge in [-0.15, -0.1) is 0 Å². The van der Waals surface area contributed by atoms with Gasteiger partial charge in [0.1, 0.15) is 0 Å². The minimum Gasteiger partial charge on any atom is -0.465 e. The Morgan fingerprint density at radius 2 is 2.11 bits per heavy atom. The molecule has 0 spiro atoms. The summed E-state index contributed by atoms with van der Waals surface area (Å²) in [6.07, 6.45) is 3.61. The zero-order chi connectivity index (χ0) is 13.0. The maximum Gasteiger partial charge on any atom is 0.337 e. The van der Waals surface area contributed by atoms with Gasteiger partial charge in [-0.1, -0.05) is 6.42 Å². The Balaban J connectivity index is 2.00. The first-order valence-corrected chi connectivity index (χ1v) is 6.39. The summed E-state index contributed by atoms with van der Waals surface area (Å²) in [7, 11) is 1.39. The molecule has 0 amide bonds. The van der Waals surface area contributed by atoms with Crippen LogP contribution in [0, 0.1) is 5.92 Å². The van der Waals surface area contributed by atoms with Crippen molar-refractivity contribution in [1.82, 2.24) is 0 Å². The molecule has 0 radical (unpaired) electrons. The minimum absolute atomic E-state index is 0.303. The first-order chi connectivity index (χ1) is 8.74. The number of benzene rings is 1.